The van der Waals surface area contributed by atoms with Crippen LogP contribution >= 0.6 is 0 Å². The Morgan fingerprint density at radius 1 is 1.65 bits per heavy atom. The molecule has 0 radical (unpaired) electrons. The smallest absolute Gasteiger partial charge is 0.350 e. The molecule has 0 aromatic carbocycles. The van der Waals surface area contributed by atoms with Crippen molar-refractivity contribution in [2.24, 2.45) is 11.7 Å². The van der Waals surface area contributed by atoms with Gasteiger partial charge in [-0.2, -0.15) is 4.98 Å². The van der Waals surface area contributed by atoms with E-state index in [2.05, 4.69) is 16.8 Å². The summed E-state index contributed by atoms with van der Waals surface area (Å²) in [6.45, 7) is 3.17. The normalized spacial score (nSPS) is 32.7. The molecule has 2 heterocycles. The summed E-state index contributed by atoms with van der Waals surface area (Å²) >= 11 is 0. The monoisotopic (exact) mass is 280 g/mol. The predicted molar refractivity (Wildman–Crippen MR) is 69.6 cm³/mol. The number of hydrogen-bond donors (Lipinski definition) is 3. The van der Waals surface area contributed by atoms with E-state index in [9.17, 15) is 14.7 Å². The highest BCUT2D eigenvalue weighted by Crippen LogP contribution is 2.39. The minimum atomic E-state index is -1.16. The van der Waals surface area contributed by atoms with Crippen molar-refractivity contribution in [1.29, 1.82) is 0 Å². The summed E-state index contributed by atoms with van der Waals surface area (Å²) in [5.41, 5.74) is 3.68. The average molecular weight is 280 g/mol. The van der Waals surface area contributed by atoms with Gasteiger partial charge >= 0.3 is 11.4 Å². The predicted octanol–water partition coefficient (Wildman–Crippen LogP) is -1.82. The van der Waals surface area contributed by atoms with E-state index < -0.39 is 29.3 Å². The first-order chi connectivity index (χ1) is 9.43. The molecular weight excluding hydrogens is 264 g/mol. The molecule has 1 saturated heterocycles. The molecule has 1 aromatic rings. The first-order valence-electron chi connectivity index (χ1n) is 6.10. The van der Waals surface area contributed by atoms with Crippen LogP contribution in [0.1, 0.15) is 20.1 Å². The number of aromatic nitrogens is 3. The number of H-pyrrole nitrogens is 1. The van der Waals surface area contributed by atoms with Crippen molar-refractivity contribution in [3.05, 3.63) is 27.3 Å². The SMILES string of the molecule is CC#CC1(N)C(C)[C@@H](CO)O[C@H]1n1cnc(=O)[nH]c1=O. The molecule has 8 heteroatoms. The minimum Gasteiger partial charge on any atom is -0.394 e. The Bertz CT molecular complexity index is 670. The van der Waals surface area contributed by atoms with Gasteiger partial charge in [0, 0.05) is 5.92 Å². The number of nitrogens with one attached hydrogen (secondary N) is 1. The van der Waals surface area contributed by atoms with Crippen LogP contribution in [0, 0.1) is 17.8 Å². The zero-order valence-corrected chi connectivity index (χ0v) is 11.2. The van der Waals surface area contributed by atoms with Gasteiger partial charge in [-0.1, -0.05) is 12.8 Å². The summed E-state index contributed by atoms with van der Waals surface area (Å²) in [6.07, 6.45) is -0.416. The maximum absolute atomic E-state index is 11.8. The van der Waals surface area contributed by atoms with E-state index in [1.165, 1.54) is 0 Å². The fourth-order valence-corrected chi connectivity index (χ4v) is 2.34. The zero-order chi connectivity index (χ0) is 14.9. The van der Waals surface area contributed by atoms with E-state index in [-0.39, 0.29) is 12.5 Å². The maximum atomic E-state index is 11.8. The molecule has 4 atom stereocenters. The van der Waals surface area contributed by atoms with Crippen molar-refractivity contribution >= 4 is 0 Å². The number of aromatic amines is 1. The molecule has 108 valence electrons. The van der Waals surface area contributed by atoms with Gasteiger partial charge in [-0.15, -0.1) is 5.92 Å². The Balaban J connectivity index is 2.55. The molecule has 1 aliphatic heterocycles. The molecule has 0 saturated carbocycles. The van der Waals surface area contributed by atoms with Crippen LogP contribution in [0.25, 0.3) is 0 Å². The number of nitrogens with two attached hydrogens (primary N) is 1. The highest BCUT2D eigenvalue weighted by molar-refractivity contribution is 5.23. The van der Waals surface area contributed by atoms with Crippen LogP contribution in [0.15, 0.2) is 15.9 Å². The molecule has 1 aromatic heterocycles. The maximum Gasteiger partial charge on any atom is 0.350 e. The first-order valence-corrected chi connectivity index (χ1v) is 6.10. The van der Waals surface area contributed by atoms with Gasteiger partial charge in [0.25, 0.3) is 0 Å². The topological polar surface area (TPSA) is 123 Å². The lowest BCUT2D eigenvalue weighted by Crippen LogP contribution is -2.51. The van der Waals surface area contributed by atoms with Crippen molar-refractivity contribution in [2.75, 3.05) is 6.61 Å². The van der Waals surface area contributed by atoms with Crippen LogP contribution in [0.2, 0.25) is 0 Å². The Morgan fingerprint density at radius 3 is 2.90 bits per heavy atom. The second-order valence-electron chi connectivity index (χ2n) is 4.69. The van der Waals surface area contributed by atoms with Crippen LogP contribution < -0.4 is 17.1 Å². The molecule has 0 aliphatic carbocycles. The fraction of sp³-hybridized carbons (Fsp3) is 0.583. The van der Waals surface area contributed by atoms with Gasteiger partial charge in [-0.05, 0) is 6.92 Å². The van der Waals surface area contributed by atoms with Gasteiger partial charge in [0.1, 0.15) is 11.9 Å². The minimum absolute atomic E-state index is 0.243. The van der Waals surface area contributed by atoms with Gasteiger partial charge in [-0.25, -0.2) is 9.59 Å². The molecule has 1 aliphatic rings. The molecule has 0 amide bonds. The number of hydrogen-bond acceptors (Lipinski definition) is 6. The van der Waals surface area contributed by atoms with Crippen molar-refractivity contribution in [2.45, 2.75) is 31.7 Å². The molecule has 20 heavy (non-hydrogen) atoms. The highest BCUT2D eigenvalue weighted by Gasteiger charge is 2.52. The Labute approximate surface area is 114 Å². The summed E-state index contributed by atoms with van der Waals surface area (Å²) in [4.78, 5) is 28.4. The summed E-state index contributed by atoms with van der Waals surface area (Å²) in [7, 11) is 0. The van der Waals surface area contributed by atoms with Gasteiger partial charge in [-0.3, -0.25) is 9.55 Å². The Hall–Kier alpha value is -1.95. The van der Waals surface area contributed by atoms with E-state index in [4.69, 9.17) is 10.5 Å². The summed E-state index contributed by atoms with van der Waals surface area (Å²) < 4.78 is 6.70. The fourth-order valence-electron chi connectivity index (χ4n) is 2.34. The number of rotatable bonds is 2. The summed E-state index contributed by atoms with van der Waals surface area (Å²) in [5, 5.41) is 9.33. The molecule has 1 fully saturated rings. The van der Waals surface area contributed by atoms with Crippen molar-refractivity contribution < 1.29 is 9.84 Å². The zero-order valence-electron chi connectivity index (χ0n) is 11.2. The molecule has 0 spiro atoms. The Kier molecular flexibility index (Phi) is 3.76. The largest absolute Gasteiger partial charge is 0.394 e. The second-order valence-corrected chi connectivity index (χ2v) is 4.69. The Morgan fingerprint density at radius 2 is 2.35 bits per heavy atom. The lowest BCUT2D eigenvalue weighted by atomic mass is 9.84. The van der Waals surface area contributed by atoms with Crippen LogP contribution in [0.3, 0.4) is 0 Å². The molecule has 8 nitrogen and oxygen atoms in total. The third kappa shape index (κ3) is 2.16. The van der Waals surface area contributed by atoms with Crippen molar-refractivity contribution in [3.8, 4) is 11.8 Å². The van der Waals surface area contributed by atoms with E-state index in [1.54, 1.807) is 13.8 Å². The molecule has 4 N–H and O–H groups in total. The summed E-state index contributed by atoms with van der Waals surface area (Å²) in [6, 6.07) is 0. The van der Waals surface area contributed by atoms with Gasteiger partial charge < -0.3 is 15.6 Å². The van der Waals surface area contributed by atoms with Gasteiger partial charge in [0.05, 0.1) is 12.7 Å². The molecule has 2 rings (SSSR count). The van der Waals surface area contributed by atoms with Gasteiger partial charge in [0.2, 0.25) is 0 Å². The third-order valence-electron chi connectivity index (χ3n) is 3.55. The number of aliphatic hydroxyl groups excluding tert-OH is 1. The van der Waals surface area contributed by atoms with Crippen molar-refractivity contribution in [3.63, 3.8) is 0 Å². The van der Waals surface area contributed by atoms with E-state index in [0.29, 0.717) is 0 Å². The second kappa shape index (κ2) is 5.20. The van der Waals surface area contributed by atoms with Crippen LogP contribution in [0.4, 0.5) is 0 Å². The lowest BCUT2D eigenvalue weighted by Gasteiger charge is -2.28. The lowest BCUT2D eigenvalue weighted by molar-refractivity contribution is -0.0382. The van der Waals surface area contributed by atoms with E-state index >= 15 is 0 Å². The third-order valence-corrected chi connectivity index (χ3v) is 3.55. The number of aliphatic hydroxyl groups is 1. The highest BCUT2D eigenvalue weighted by atomic mass is 16.5. The van der Waals surface area contributed by atoms with Gasteiger partial charge in [0.15, 0.2) is 6.23 Å². The van der Waals surface area contributed by atoms with E-state index in [0.717, 1.165) is 10.9 Å². The van der Waals surface area contributed by atoms with Crippen LogP contribution in [-0.4, -0.2) is 37.9 Å². The first kappa shape index (κ1) is 14.5. The van der Waals surface area contributed by atoms with Crippen molar-refractivity contribution in [1.82, 2.24) is 14.5 Å². The average Bonchev–Trinajstić information content (AvgIpc) is 2.63. The molecule has 0 bridgehead atoms. The van der Waals surface area contributed by atoms with Crippen LogP contribution in [-0.2, 0) is 4.74 Å². The number of nitrogens with zero attached hydrogens (tertiary/aromatic N) is 2. The number of ether oxygens (including phenoxy) is 1. The molecule has 2 unspecified atom stereocenters. The standard InChI is InChI=1S/C12H16N4O4/c1-3-4-12(13)7(2)8(5-17)20-9(12)16-6-14-10(18)15-11(16)19/h6-9,17H,5,13H2,1-2H3,(H,15,18,19)/t7?,8-,9-,12?/m1/s1. The van der Waals surface area contributed by atoms with E-state index in [1.807, 2.05) is 4.98 Å². The quantitative estimate of drug-likeness (QED) is 0.548. The van der Waals surface area contributed by atoms with Crippen LogP contribution in [0.5, 0.6) is 0 Å². The molecular formula is C12H16N4O4. The summed E-state index contributed by atoms with van der Waals surface area (Å²) in [5.74, 6) is 5.25.